The van der Waals surface area contributed by atoms with Crippen LogP contribution in [0.15, 0.2) is 18.5 Å². The van der Waals surface area contributed by atoms with Gasteiger partial charge in [0, 0.05) is 30.4 Å². The molecule has 0 saturated carbocycles. The van der Waals surface area contributed by atoms with Crippen molar-refractivity contribution in [1.82, 2.24) is 29.4 Å². The monoisotopic (exact) mass is 300 g/mol. The quantitative estimate of drug-likeness (QED) is 0.763. The number of carboxylic acids is 1. The molecule has 3 aromatic rings. The molecule has 0 aromatic carbocycles. The molecule has 8 nitrogen and oxygen atoms in total. The van der Waals surface area contributed by atoms with E-state index in [1.807, 2.05) is 24.6 Å². The van der Waals surface area contributed by atoms with E-state index in [-0.39, 0.29) is 12.8 Å². The molecule has 1 N–H and O–H groups in total. The minimum atomic E-state index is -0.868. The molecule has 0 unspecified atom stereocenters. The van der Waals surface area contributed by atoms with Crippen molar-refractivity contribution < 1.29 is 9.90 Å². The summed E-state index contributed by atoms with van der Waals surface area (Å²) >= 11 is 0. The van der Waals surface area contributed by atoms with E-state index in [1.54, 1.807) is 16.9 Å². The Labute approximate surface area is 126 Å². The lowest BCUT2D eigenvalue weighted by Crippen LogP contribution is -2.01. The van der Waals surface area contributed by atoms with Crippen LogP contribution in [0.25, 0.3) is 17.0 Å². The SMILES string of the molecule is CCn1ncc(-c2ccnc3nc(CCC(=O)O)nn23)c1C. The lowest BCUT2D eigenvalue weighted by atomic mass is 10.2. The topological polar surface area (TPSA) is 98.2 Å². The molecule has 0 radical (unpaired) electrons. The fourth-order valence-corrected chi connectivity index (χ4v) is 2.38. The Morgan fingerprint density at radius 3 is 2.91 bits per heavy atom. The maximum atomic E-state index is 10.7. The first-order valence-corrected chi connectivity index (χ1v) is 7.05. The van der Waals surface area contributed by atoms with E-state index < -0.39 is 5.97 Å². The highest BCUT2D eigenvalue weighted by molar-refractivity contribution is 5.67. The molecule has 22 heavy (non-hydrogen) atoms. The summed E-state index contributed by atoms with van der Waals surface area (Å²) in [5.74, 6) is 0.0662. The van der Waals surface area contributed by atoms with E-state index in [2.05, 4.69) is 20.2 Å². The van der Waals surface area contributed by atoms with Gasteiger partial charge in [-0.25, -0.2) is 4.98 Å². The van der Waals surface area contributed by atoms with Gasteiger partial charge in [-0.3, -0.25) is 9.48 Å². The van der Waals surface area contributed by atoms with Crippen LogP contribution in [0.2, 0.25) is 0 Å². The molecule has 3 rings (SSSR count). The molecule has 0 fully saturated rings. The average Bonchev–Trinajstić information content (AvgIpc) is 3.07. The Bertz CT molecular complexity index is 835. The summed E-state index contributed by atoms with van der Waals surface area (Å²) in [6, 6.07) is 1.85. The Morgan fingerprint density at radius 1 is 1.41 bits per heavy atom. The molecule has 3 heterocycles. The van der Waals surface area contributed by atoms with E-state index in [9.17, 15) is 4.79 Å². The van der Waals surface area contributed by atoms with Crippen LogP contribution in [0, 0.1) is 6.92 Å². The second kappa shape index (κ2) is 5.55. The van der Waals surface area contributed by atoms with Gasteiger partial charge in [0.2, 0.25) is 0 Å². The molecule has 0 aliphatic carbocycles. The third-order valence-corrected chi connectivity index (χ3v) is 3.53. The lowest BCUT2D eigenvalue weighted by Gasteiger charge is -2.04. The van der Waals surface area contributed by atoms with Crippen molar-refractivity contribution in [3.63, 3.8) is 0 Å². The molecule has 0 aliphatic heterocycles. The zero-order valence-electron chi connectivity index (χ0n) is 12.4. The minimum Gasteiger partial charge on any atom is -0.481 e. The molecular weight excluding hydrogens is 284 g/mol. The Balaban J connectivity index is 2.06. The number of rotatable bonds is 5. The third kappa shape index (κ3) is 2.43. The number of hydrogen-bond donors (Lipinski definition) is 1. The molecule has 0 atom stereocenters. The van der Waals surface area contributed by atoms with Crippen molar-refractivity contribution in [1.29, 1.82) is 0 Å². The van der Waals surface area contributed by atoms with E-state index in [0.717, 1.165) is 23.5 Å². The molecule has 0 bridgehead atoms. The number of aliphatic carboxylic acids is 1. The molecule has 8 heteroatoms. The zero-order chi connectivity index (χ0) is 15.7. The van der Waals surface area contributed by atoms with Crippen molar-refractivity contribution in [2.75, 3.05) is 0 Å². The van der Waals surface area contributed by atoms with E-state index in [0.29, 0.717) is 11.6 Å². The summed E-state index contributed by atoms with van der Waals surface area (Å²) in [5, 5.41) is 17.5. The number of nitrogens with zero attached hydrogens (tertiary/aromatic N) is 6. The van der Waals surface area contributed by atoms with Gasteiger partial charge in [0.05, 0.1) is 18.3 Å². The van der Waals surface area contributed by atoms with Crippen LogP contribution >= 0.6 is 0 Å². The lowest BCUT2D eigenvalue weighted by molar-refractivity contribution is -0.137. The van der Waals surface area contributed by atoms with Crippen molar-refractivity contribution in [3.05, 3.63) is 30.0 Å². The fraction of sp³-hybridized carbons (Fsp3) is 0.357. The van der Waals surface area contributed by atoms with Crippen molar-refractivity contribution in [2.45, 2.75) is 33.2 Å². The van der Waals surface area contributed by atoms with Crippen LogP contribution in [0.5, 0.6) is 0 Å². The van der Waals surface area contributed by atoms with Crippen molar-refractivity contribution in [3.8, 4) is 11.3 Å². The number of hydrogen-bond acceptors (Lipinski definition) is 5. The van der Waals surface area contributed by atoms with Crippen LogP contribution < -0.4 is 0 Å². The average molecular weight is 300 g/mol. The highest BCUT2D eigenvalue weighted by Gasteiger charge is 2.14. The largest absolute Gasteiger partial charge is 0.481 e. The van der Waals surface area contributed by atoms with Gasteiger partial charge in [0.15, 0.2) is 5.82 Å². The second-order valence-electron chi connectivity index (χ2n) is 4.92. The molecule has 0 aliphatic rings. The van der Waals surface area contributed by atoms with Gasteiger partial charge in [0.1, 0.15) is 0 Å². The Hall–Kier alpha value is -2.77. The zero-order valence-corrected chi connectivity index (χ0v) is 12.4. The third-order valence-electron chi connectivity index (χ3n) is 3.53. The number of fused-ring (bicyclic) bond motifs is 1. The highest BCUT2D eigenvalue weighted by Crippen LogP contribution is 2.22. The molecule has 114 valence electrons. The predicted octanol–water partition coefficient (Wildman–Crippen LogP) is 1.33. The van der Waals surface area contributed by atoms with Gasteiger partial charge in [-0.05, 0) is 19.9 Å². The summed E-state index contributed by atoms with van der Waals surface area (Å²) in [4.78, 5) is 19.1. The summed E-state index contributed by atoms with van der Waals surface area (Å²) in [5.41, 5.74) is 2.85. The van der Waals surface area contributed by atoms with Crippen molar-refractivity contribution >= 4 is 11.7 Å². The standard InChI is InChI=1S/C14H16N6O2/c1-3-19-9(2)10(8-16-19)11-6-7-15-14-17-12(18-20(11)14)4-5-13(21)22/h6-8H,3-5H2,1-2H3,(H,21,22). The summed E-state index contributed by atoms with van der Waals surface area (Å²) < 4.78 is 3.55. The first-order valence-electron chi connectivity index (χ1n) is 7.05. The molecule has 0 amide bonds. The maximum absolute atomic E-state index is 10.7. The maximum Gasteiger partial charge on any atom is 0.303 e. The van der Waals surface area contributed by atoms with Gasteiger partial charge >= 0.3 is 5.97 Å². The number of carbonyl (C=O) groups is 1. The van der Waals surface area contributed by atoms with Crippen LogP contribution in [0.1, 0.15) is 24.9 Å². The highest BCUT2D eigenvalue weighted by atomic mass is 16.4. The molecule has 0 spiro atoms. The van der Waals surface area contributed by atoms with Gasteiger partial charge in [0.25, 0.3) is 5.78 Å². The Morgan fingerprint density at radius 2 is 2.23 bits per heavy atom. The summed E-state index contributed by atoms with van der Waals surface area (Å²) in [7, 11) is 0. The van der Waals surface area contributed by atoms with Crippen LogP contribution in [0.3, 0.4) is 0 Å². The van der Waals surface area contributed by atoms with Crippen LogP contribution in [0.4, 0.5) is 0 Å². The minimum absolute atomic E-state index is 0.000982. The summed E-state index contributed by atoms with van der Waals surface area (Å²) in [6.45, 7) is 4.83. The van der Waals surface area contributed by atoms with Crippen LogP contribution in [-0.4, -0.2) is 40.4 Å². The fourth-order valence-electron chi connectivity index (χ4n) is 2.38. The van der Waals surface area contributed by atoms with Gasteiger partial charge in [-0.15, -0.1) is 5.10 Å². The Kier molecular flexibility index (Phi) is 3.58. The normalized spacial score (nSPS) is 11.2. The second-order valence-corrected chi connectivity index (χ2v) is 4.92. The van der Waals surface area contributed by atoms with E-state index >= 15 is 0 Å². The number of carboxylic acid groups (broad SMARTS) is 1. The molecule has 0 saturated heterocycles. The van der Waals surface area contributed by atoms with Gasteiger partial charge in [-0.2, -0.15) is 14.6 Å². The van der Waals surface area contributed by atoms with E-state index in [1.165, 1.54) is 0 Å². The first-order chi connectivity index (χ1) is 10.6. The van der Waals surface area contributed by atoms with Gasteiger partial charge < -0.3 is 5.11 Å². The number of aromatic nitrogens is 6. The summed E-state index contributed by atoms with van der Waals surface area (Å²) in [6.07, 6.45) is 3.75. The molecular formula is C14H16N6O2. The smallest absolute Gasteiger partial charge is 0.303 e. The first kappa shape index (κ1) is 14.2. The predicted molar refractivity (Wildman–Crippen MR) is 78.4 cm³/mol. The van der Waals surface area contributed by atoms with E-state index in [4.69, 9.17) is 5.11 Å². The van der Waals surface area contributed by atoms with Crippen LogP contribution in [-0.2, 0) is 17.8 Å². The van der Waals surface area contributed by atoms with Crippen molar-refractivity contribution in [2.24, 2.45) is 0 Å². The number of aryl methyl sites for hydroxylation is 2. The van der Waals surface area contributed by atoms with Gasteiger partial charge in [-0.1, -0.05) is 0 Å². The molecule has 3 aromatic heterocycles.